The maximum absolute atomic E-state index is 13.1. The Hall–Kier alpha value is -3.88. The lowest BCUT2D eigenvalue weighted by atomic mass is 9.98. The number of carbonyl (C=O) groups is 6. The van der Waals surface area contributed by atoms with E-state index in [9.17, 15) is 33.9 Å². The van der Waals surface area contributed by atoms with Gasteiger partial charge in [-0.15, -0.1) is 0 Å². The molecule has 14 nitrogen and oxygen atoms in total. The highest BCUT2D eigenvalue weighted by Gasteiger charge is 2.29. The van der Waals surface area contributed by atoms with E-state index in [2.05, 4.69) is 26.6 Å². The molecule has 0 spiro atoms. The highest BCUT2D eigenvalue weighted by Crippen LogP contribution is 2.13. The van der Waals surface area contributed by atoms with Crippen LogP contribution in [0.4, 0.5) is 0 Å². The van der Waals surface area contributed by atoms with Crippen LogP contribution in [-0.2, 0) is 41.7 Å². The van der Waals surface area contributed by atoms with Gasteiger partial charge in [-0.3, -0.25) is 28.8 Å². The minimum atomic E-state index is -1.27. The first-order chi connectivity index (χ1) is 20.0. The van der Waals surface area contributed by atoms with Gasteiger partial charge in [0.15, 0.2) is 5.78 Å². The molecule has 0 aliphatic carbocycles. The number of amides is 4. The lowest BCUT2D eigenvalue weighted by Gasteiger charge is -2.25. The summed E-state index contributed by atoms with van der Waals surface area (Å²) in [4.78, 5) is 73.7. The van der Waals surface area contributed by atoms with E-state index >= 15 is 0 Å². The number of carboxylic acid groups (broad SMARTS) is 1. The molecule has 0 fully saturated rings. The molecule has 0 aliphatic rings. The average molecular weight is 607 g/mol. The summed E-state index contributed by atoms with van der Waals surface area (Å²) >= 11 is 0. The van der Waals surface area contributed by atoms with Crippen LogP contribution in [0.25, 0.3) is 0 Å². The zero-order valence-corrected chi connectivity index (χ0v) is 25.6. The van der Waals surface area contributed by atoms with Crippen LogP contribution in [-0.4, -0.2) is 87.9 Å². The van der Waals surface area contributed by atoms with Crippen molar-refractivity contribution in [2.75, 3.05) is 0 Å². The van der Waals surface area contributed by atoms with Gasteiger partial charge in [-0.25, -0.2) is 0 Å². The molecule has 0 unspecified atom stereocenters. The Kier molecular flexibility index (Phi) is 15.5. The number of nitrogens with two attached hydrogens (primary N) is 1. The number of benzene rings is 1. The predicted octanol–water partition coefficient (Wildman–Crippen LogP) is -1.13. The fraction of sp³-hybridized carbons (Fsp3) is 0.586. The summed E-state index contributed by atoms with van der Waals surface area (Å²) in [5.41, 5.74) is 6.73. The number of nitrogens with one attached hydrogen (secondary N) is 5. The Morgan fingerprint density at radius 3 is 1.81 bits per heavy atom. The summed E-state index contributed by atoms with van der Waals surface area (Å²) in [7, 11) is 0. The first-order valence-electron chi connectivity index (χ1n) is 14.2. The minimum Gasteiger partial charge on any atom is -0.481 e. The van der Waals surface area contributed by atoms with Crippen molar-refractivity contribution in [3.8, 4) is 0 Å². The quantitative estimate of drug-likeness (QED) is 0.0944. The highest BCUT2D eigenvalue weighted by atomic mass is 16.4. The van der Waals surface area contributed by atoms with E-state index in [4.69, 9.17) is 10.8 Å². The van der Waals surface area contributed by atoms with Crippen LogP contribution in [0.1, 0.15) is 65.5 Å². The molecule has 0 saturated carbocycles. The van der Waals surface area contributed by atoms with Crippen LogP contribution < -0.4 is 32.3 Å². The summed E-state index contributed by atoms with van der Waals surface area (Å²) in [6.07, 6.45) is -1.87. The lowest BCUT2D eigenvalue weighted by Crippen LogP contribution is -2.57. The molecule has 0 radical (unpaired) electrons. The number of carboxylic acids is 1. The van der Waals surface area contributed by atoms with E-state index in [1.807, 2.05) is 13.8 Å². The topological polar surface area (TPSA) is 229 Å². The minimum absolute atomic E-state index is 0.0533. The van der Waals surface area contributed by atoms with Gasteiger partial charge in [-0.2, -0.15) is 0 Å². The van der Waals surface area contributed by atoms with Crippen molar-refractivity contribution in [3.63, 3.8) is 0 Å². The average Bonchev–Trinajstić information content (AvgIpc) is 2.88. The van der Waals surface area contributed by atoms with Crippen LogP contribution >= 0.6 is 0 Å². The Labute approximate surface area is 251 Å². The summed E-state index contributed by atoms with van der Waals surface area (Å²) in [6, 6.07) is 2.46. The molecule has 0 heterocycles. The predicted molar refractivity (Wildman–Crippen MR) is 158 cm³/mol. The van der Waals surface area contributed by atoms with Crippen molar-refractivity contribution in [3.05, 3.63) is 35.4 Å². The maximum Gasteiger partial charge on any atom is 0.305 e. The van der Waals surface area contributed by atoms with Crippen LogP contribution in [0.5, 0.6) is 0 Å². The third-order valence-electron chi connectivity index (χ3n) is 6.38. The molecule has 0 aliphatic heterocycles. The fourth-order valence-electron chi connectivity index (χ4n) is 4.29. The molecule has 240 valence electrons. The van der Waals surface area contributed by atoms with E-state index < -0.39 is 72.1 Å². The molecule has 1 rings (SSSR count). The molecular weight excluding hydrogens is 560 g/mol. The zero-order valence-electron chi connectivity index (χ0n) is 25.6. The van der Waals surface area contributed by atoms with Crippen molar-refractivity contribution in [2.24, 2.45) is 5.73 Å². The fourth-order valence-corrected chi connectivity index (χ4v) is 4.29. The number of rotatable bonds is 19. The van der Waals surface area contributed by atoms with E-state index in [-0.39, 0.29) is 31.5 Å². The normalized spacial score (nSPS) is 14.7. The molecule has 0 aromatic heterocycles. The van der Waals surface area contributed by atoms with Crippen molar-refractivity contribution < 1.29 is 39.0 Å². The number of ketones is 1. The Balaban J connectivity index is 2.98. The standard InChI is InChI=1S/C29H46N6O8/c1-15(2)32-22(29(43)35-26(18(6)37)27(30)41)11-19-9-7-8-10-20(19)14-31-24(38)12-21(17(5)36)34-28(42)23(13-25(39)40)33-16(3)4/h7-10,15-16,18,21-23,26,32-33,37H,11-14H2,1-6H3,(H2,30,41)(H,31,38)(H,34,42)(H,35,43)(H,39,40)/t18-,21+,22+,23+,26+/m1/s1. The largest absolute Gasteiger partial charge is 0.481 e. The molecule has 1 aromatic rings. The monoisotopic (exact) mass is 606 g/mol. The summed E-state index contributed by atoms with van der Waals surface area (Å²) in [5, 5.41) is 32.7. The summed E-state index contributed by atoms with van der Waals surface area (Å²) in [6.45, 7) is 9.81. The molecule has 4 amide bonds. The zero-order chi connectivity index (χ0) is 32.9. The highest BCUT2D eigenvalue weighted by molar-refractivity contribution is 5.94. The molecule has 14 heteroatoms. The van der Waals surface area contributed by atoms with Crippen molar-refractivity contribution in [2.45, 2.75) is 110 Å². The second kappa shape index (κ2) is 17.9. The van der Waals surface area contributed by atoms with E-state index in [0.29, 0.717) is 5.56 Å². The van der Waals surface area contributed by atoms with E-state index in [1.54, 1.807) is 38.1 Å². The molecule has 1 aromatic carbocycles. The number of primary amides is 1. The molecule has 0 saturated heterocycles. The first-order valence-corrected chi connectivity index (χ1v) is 14.2. The SMILES string of the molecule is CC(=O)[C@H](CC(=O)NCc1ccccc1C[C@H](NC(C)C)C(=O)N[C@H](C(N)=O)[C@@H](C)O)NC(=O)[C@H](CC(=O)O)NC(C)C. The number of hydrogen-bond donors (Lipinski definition) is 8. The van der Waals surface area contributed by atoms with Crippen molar-refractivity contribution in [1.82, 2.24) is 26.6 Å². The maximum atomic E-state index is 13.1. The van der Waals surface area contributed by atoms with Crippen molar-refractivity contribution in [1.29, 1.82) is 0 Å². The number of aliphatic hydroxyl groups is 1. The first kappa shape index (κ1) is 37.1. The summed E-state index contributed by atoms with van der Waals surface area (Å²) < 4.78 is 0. The van der Waals surface area contributed by atoms with Crippen molar-refractivity contribution >= 4 is 35.4 Å². The molecular formula is C29H46N6O8. The number of hydrogen-bond acceptors (Lipinski definition) is 9. The van der Waals surface area contributed by atoms with Gasteiger partial charge < -0.3 is 42.5 Å². The van der Waals surface area contributed by atoms with E-state index in [0.717, 1.165) is 5.56 Å². The Bertz CT molecular complexity index is 1140. The second-order valence-corrected chi connectivity index (χ2v) is 11.1. The van der Waals surface area contributed by atoms with Gasteiger partial charge in [0.05, 0.1) is 37.1 Å². The van der Waals surface area contributed by atoms with E-state index in [1.165, 1.54) is 13.8 Å². The lowest BCUT2D eigenvalue weighted by molar-refractivity contribution is -0.140. The number of aliphatic hydroxyl groups excluding tert-OH is 1. The number of Topliss-reactive ketones (excluding diaryl/α,β-unsaturated/α-hetero) is 1. The molecule has 43 heavy (non-hydrogen) atoms. The van der Waals surface area contributed by atoms with Gasteiger partial charge in [0.25, 0.3) is 0 Å². The van der Waals surface area contributed by atoms with Gasteiger partial charge in [-0.1, -0.05) is 52.0 Å². The molecule has 5 atom stereocenters. The Morgan fingerprint density at radius 1 is 0.791 bits per heavy atom. The van der Waals surface area contributed by atoms with Crippen LogP contribution in [0.3, 0.4) is 0 Å². The number of aliphatic carboxylic acids is 1. The smallest absolute Gasteiger partial charge is 0.305 e. The number of carbonyl (C=O) groups excluding carboxylic acids is 5. The molecule has 0 bridgehead atoms. The third-order valence-corrected chi connectivity index (χ3v) is 6.38. The van der Waals surface area contributed by atoms with Gasteiger partial charge >= 0.3 is 5.97 Å². The van der Waals surface area contributed by atoms with Crippen LogP contribution in [0, 0.1) is 0 Å². The second-order valence-electron chi connectivity index (χ2n) is 11.1. The molecule has 9 N–H and O–H groups in total. The van der Waals surface area contributed by atoms with Gasteiger partial charge in [0, 0.05) is 18.6 Å². The van der Waals surface area contributed by atoms with Gasteiger partial charge in [-0.05, 0) is 31.4 Å². The van der Waals surface area contributed by atoms with Gasteiger partial charge in [0.1, 0.15) is 6.04 Å². The third kappa shape index (κ3) is 13.8. The van der Waals surface area contributed by atoms with Crippen LogP contribution in [0.2, 0.25) is 0 Å². The van der Waals surface area contributed by atoms with Crippen LogP contribution in [0.15, 0.2) is 24.3 Å². The van der Waals surface area contributed by atoms with Gasteiger partial charge in [0.2, 0.25) is 23.6 Å². The Morgan fingerprint density at radius 2 is 1.33 bits per heavy atom. The summed E-state index contributed by atoms with van der Waals surface area (Å²) in [5.74, 6) is -4.30.